The second-order valence-electron chi connectivity index (χ2n) is 5.90. The van der Waals surface area contributed by atoms with Crippen molar-refractivity contribution in [1.29, 1.82) is 0 Å². The Morgan fingerprint density at radius 3 is 3.19 bits per heavy atom. The second kappa shape index (κ2) is 5.99. The van der Waals surface area contributed by atoms with Crippen molar-refractivity contribution in [3.05, 3.63) is 33.9 Å². The Morgan fingerprint density at radius 2 is 2.38 bits per heavy atom. The van der Waals surface area contributed by atoms with Crippen LogP contribution in [-0.2, 0) is 4.74 Å². The third-order valence-corrected chi connectivity index (χ3v) is 4.33. The Hall–Kier alpha value is -1.66. The van der Waals surface area contributed by atoms with Gasteiger partial charge in [-0.1, -0.05) is 6.07 Å². The molecule has 0 bridgehead atoms. The van der Waals surface area contributed by atoms with Crippen molar-refractivity contribution in [3.63, 3.8) is 0 Å². The lowest BCUT2D eigenvalue weighted by atomic mass is 10.1. The van der Waals surface area contributed by atoms with E-state index in [-0.39, 0.29) is 16.7 Å². The Labute approximate surface area is 124 Å². The summed E-state index contributed by atoms with van der Waals surface area (Å²) in [4.78, 5) is 13.2. The van der Waals surface area contributed by atoms with E-state index in [4.69, 9.17) is 4.74 Å². The number of benzene rings is 1. The number of hydrogen-bond acceptors (Lipinski definition) is 5. The quantitative estimate of drug-likeness (QED) is 0.680. The maximum absolute atomic E-state index is 11.1. The van der Waals surface area contributed by atoms with Crippen LogP contribution in [0.5, 0.6) is 0 Å². The van der Waals surface area contributed by atoms with Crippen molar-refractivity contribution in [3.8, 4) is 0 Å². The van der Waals surface area contributed by atoms with E-state index in [2.05, 4.69) is 10.2 Å². The van der Waals surface area contributed by atoms with Crippen LogP contribution in [0.2, 0.25) is 0 Å². The summed E-state index contributed by atoms with van der Waals surface area (Å²) >= 11 is 0. The predicted octanol–water partition coefficient (Wildman–Crippen LogP) is 2.18. The third kappa shape index (κ3) is 3.16. The Kier molecular flexibility index (Phi) is 4.07. The van der Waals surface area contributed by atoms with Crippen LogP contribution in [0.25, 0.3) is 0 Å². The number of morpholine rings is 1. The average molecular weight is 291 g/mol. The highest BCUT2D eigenvalue weighted by molar-refractivity contribution is 5.62. The summed E-state index contributed by atoms with van der Waals surface area (Å²) in [5.74, 6) is 0. The summed E-state index contributed by atoms with van der Waals surface area (Å²) < 4.78 is 5.86. The number of nitro benzene ring substituents is 1. The highest BCUT2D eigenvalue weighted by atomic mass is 16.6. The van der Waals surface area contributed by atoms with Gasteiger partial charge in [-0.3, -0.25) is 15.0 Å². The number of fused-ring (bicyclic) bond motifs is 1. The zero-order chi connectivity index (χ0) is 14.8. The molecule has 6 nitrogen and oxygen atoms in total. The van der Waals surface area contributed by atoms with E-state index in [9.17, 15) is 10.1 Å². The number of anilines is 1. The second-order valence-corrected chi connectivity index (χ2v) is 5.90. The molecule has 2 saturated heterocycles. The molecule has 0 aliphatic carbocycles. The number of nitrogens with one attached hydrogen (secondary N) is 1. The largest absolute Gasteiger partial charge is 0.377 e. The van der Waals surface area contributed by atoms with Gasteiger partial charge < -0.3 is 10.1 Å². The zero-order valence-corrected chi connectivity index (χ0v) is 12.2. The van der Waals surface area contributed by atoms with Gasteiger partial charge in [-0.05, 0) is 37.9 Å². The van der Waals surface area contributed by atoms with Gasteiger partial charge in [0.15, 0.2) is 0 Å². The smallest absolute Gasteiger partial charge is 0.292 e. The van der Waals surface area contributed by atoms with E-state index in [1.807, 2.05) is 13.0 Å². The molecule has 2 aliphatic rings. The van der Waals surface area contributed by atoms with Crippen molar-refractivity contribution in [2.75, 3.05) is 31.6 Å². The molecular formula is C15H21N3O3. The normalized spacial score (nSPS) is 25.6. The highest BCUT2D eigenvalue weighted by Crippen LogP contribution is 2.26. The summed E-state index contributed by atoms with van der Waals surface area (Å²) in [6, 6.07) is 5.83. The zero-order valence-electron chi connectivity index (χ0n) is 12.2. The number of nitro groups is 1. The van der Waals surface area contributed by atoms with E-state index in [0.717, 1.165) is 25.3 Å². The van der Waals surface area contributed by atoms with Crippen LogP contribution in [0.4, 0.5) is 11.4 Å². The Balaban J connectivity index is 1.61. The summed E-state index contributed by atoms with van der Waals surface area (Å²) in [6.07, 6.45) is 2.57. The van der Waals surface area contributed by atoms with Crippen molar-refractivity contribution in [2.24, 2.45) is 0 Å². The molecule has 1 aromatic rings. The molecule has 0 saturated carbocycles. The van der Waals surface area contributed by atoms with Gasteiger partial charge in [0.25, 0.3) is 5.69 Å². The van der Waals surface area contributed by atoms with E-state index in [1.54, 1.807) is 12.1 Å². The predicted molar refractivity (Wildman–Crippen MR) is 80.7 cm³/mol. The number of rotatable bonds is 4. The molecule has 3 rings (SSSR count). The maximum atomic E-state index is 11.1. The van der Waals surface area contributed by atoms with Gasteiger partial charge in [-0.25, -0.2) is 0 Å². The molecule has 2 unspecified atom stereocenters. The van der Waals surface area contributed by atoms with E-state index < -0.39 is 0 Å². The highest BCUT2D eigenvalue weighted by Gasteiger charge is 2.32. The number of nitrogens with zero attached hydrogens (tertiary/aromatic N) is 2. The number of hydrogen-bond donors (Lipinski definition) is 1. The molecule has 114 valence electrons. The molecule has 2 aliphatic heterocycles. The SMILES string of the molecule is Cc1ccc(NCC2CN3CCCC3CO2)c([N+](=O)[O-])c1. The molecule has 6 heteroatoms. The molecule has 2 fully saturated rings. The first kappa shape index (κ1) is 14.3. The fourth-order valence-electron chi connectivity index (χ4n) is 3.18. The van der Waals surface area contributed by atoms with Gasteiger partial charge in [-0.2, -0.15) is 0 Å². The lowest BCUT2D eigenvalue weighted by Crippen LogP contribution is -2.48. The molecule has 21 heavy (non-hydrogen) atoms. The minimum Gasteiger partial charge on any atom is -0.377 e. The van der Waals surface area contributed by atoms with Crippen molar-refractivity contribution < 1.29 is 9.66 Å². The molecule has 1 aromatic carbocycles. The Morgan fingerprint density at radius 1 is 1.52 bits per heavy atom. The standard InChI is InChI=1S/C15H21N3O3/c1-11-4-5-14(15(7-11)18(19)20)16-8-13-9-17-6-2-3-12(17)10-21-13/h4-5,7,12-13,16H,2-3,6,8-10H2,1H3. The van der Waals surface area contributed by atoms with Gasteiger partial charge in [0, 0.05) is 25.2 Å². The molecule has 2 atom stereocenters. The molecule has 0 aromatic heterocycles. The van der Waals surface area contributed by atoms with Gasteiger partial charge in [0.1, 0.15) is 5.69 Å². The van der Waals surface area contributed by atoms with E-state index in [1.165, 1.54) is 12.8 Å². The van der Waals surface area contributed by atoms with Gasteiger partial charge in [0.05, 0.1) is 17.6 Å². The first-order chi connectivity index (χ1) is 10.1. The molecule has 0 radical (unpaired) electrons. The van der Waals surface area contributed by atoms with E-state index in [0.29, 0.717) is 18.3 Å². The van der Waals surface area contributed by atoms with Gasteiger partial charge in [0.2, 0.25) is 0 Å². The molecule has 0 spiro atoms. The van der Waals surface area contributed by atoms with Crippen LogP contribution in [0.15, 0.2) is 18.2 Å². The van der Waals surface area contributed by atoms with Crippen LogP contribution in [0.1, 0.15) is 18.4 Å². The molecule has 1 N–H and O–H groups in total. The summed E-state index contributed by atoms with van der Waals surface area (Å²) in [6.45, 7) is 5.30. The van der Waals surface area contributed by atoms with Crippen molar-refractivity contribution in [2.45, 2.75) is 31.9 Å². The number of aryl methyl sites for hydroxylation is 1. The van der Waals surface area contributed by atoms with Crippen molar-refractivity contribution in [1.82, 2.24) is 4.90 Å². The molecular weight excluding hydrogens is 270 g/mol. The number of ether oxygens (including phenoxy) is 1. The lowest BCUT2D eigenvalue weighted by Gasteiger charge is -2.35. The average Bonchev–Trinajstić information content (AvgIpc) is 2.93. The fraction of sp³-hybridized carbons (Fsp3) is 0.600. The van der Waals surface area contributed by atoms with Gasteiger partial charge in [-0.15, -0.1) is 0 Å². The fourth-order valence-corrected chi connectivity index (χ4v) is 3.18. The lowest BCUT2D eigenvalue weighted by molar-refractivity contribution is -0.384. The third-order valence-electron chi connectivity index (χ3n) is 4.33. The van der Waals surface area contributed by atoms with Crippen molar-refractivity contribution >= 4 is 11.4 Å². The van der Waals surface area contributed by atoms with E-state index >= 15 is 0 Å². The summed E-state index contributed by atoms with van der Waals surface area (Å²) in [5.41, 5.74) is 1.59. The summed E-state index contributed by atoms with van der Waals surface area (Å²) in [7, 11) is 0. The minimum absolute atomic E-state index is 0.0975. The van der Waals surface area contributed by atoms with Crippen LogP contribution >= 0.6 is 0 Å². The summed E-state index contributed by atoms with van der Waals surface area (Å²) in [5, 5.41) is 14.3. The van der Waals surface area contributed by atoms with Crippen LogP contribution in [0, 0.1) is 17.0 Å². The maximum Gasteiger partial charge on any atom is 0.292 e. The first-order valence-electron chi connectivity index (χ1n) is 7.48. The van der Waals surface area contributed by atoms with Crippen LogP contribution in [0.3, 0.4) is 0 Å². The monoisotopic (exact) mass is 291 g/mol. The topological polar surface area (TPSA) is 67.6 Å². The van der Waals surface area contributed by atoms with Crippen LogP contribution < -0.4 is 5.32 Å². The first-order valence-corrected chi connectivity index (χ1v) is 7.48. The minimum atomic E-state index is -0.340. The molecule has 0 amide bonds. The van der Waals surface area contributed by atoms with Gasteiger partial charge >= 0.3 is 0 Å². The Bertz CT molecular complexity index is 535. The van der Waals surface area contributed by atoms with Crippen LogP contribution in [-0.4, -0.2) is 48.2 Å². The molecule has 2 heterocycles.